The summed E-state index contributed by atoms with van der Waals surface area (Å²) in [6.45, 7) is 7.85. The molecule has 0 unspecified atom stereocenters. The third-order valence-electron chi connectivity index (χ3n) is 3.28. The Balaban J connectivity index is 2.23. The molecule has 2 aromatic heterocycles. The number of likely N-dealkylation sites (N-methyl/N-ethyl adjacent to an activating group) is 2. The van der Waals surface area contributed by atoms with E-state index in [2.05, 4.69) is 23.0 Å². The fourth-order valence-electron chi connectivity index (χ4n) is 2.22. The van der Waals surface area contributed by atoms with E-state index in [1.165, 1.54) is 4.88 Å². The van der Waals surface area contributed by atoms with Gasteiger partial charge in [-0.1, -0.05) is 0 Å². The molecule has 2 heterocycles. The van der Waals surface area contributed by atoms with Crippen LogP contribution in [-0.2, 0) is 4.79 Å². The van der Waals surface area contributed by atoms with E-state index in [4.69, 9.17) is 0 Å². The molecule has 20 heavy (non-hydrogen) atoms. The fourth-order valence-corrected chi connectivity index (χ4v) is 3.06. The summed E-state index contributed by atoms with van der Waals surface area (Å²) in [5.74, 6) is 0.941. The zero-order valence-corrected chi connectivity index (χ0v) is 13.2. The molecule has 0 saturated carbocycles. The van der Waals surface area contributed by atoms with Crippen molar-refractivity contribution in [3.8, 4) is 0 Å². The van der Waals surface area contributed by atoms with E-state index >= 15 is 0 Å². The Morgan fingerprint density at radius 2 is 2.00 bits per heavy atom. The smallest absolute Gasteiger partial charge is 0.242 e. The molecule has 5 nitrogen and oxygen atoms in total. The highest BCUT2D eigenvalue weighted by molar-refractivity contribution is 7.18. The van der Waals surface area contributed by atoms with Crippen LogP contribution in [0.3, 0.4) is 0 Å². The van der Waals surface area contributed by atoms with Gasteiger partial charge in [0.25, 0.3) is 0 Å². The van der Waals surface area contributed by atoms with Crippen molar-refractivity contribution in [2.45, 2.75) is 20.8 Å². The lowest BCUT2D eigenvalue weighted by molar-refractivity contribution is -0.129. The minimum atomic E-state index is 0.121. The first-order valence-corrected chi connectivity index (χ1v) is 7.58. The summed E-state index contributed by atoms with van der Waals surface area (Å²) in [5, 5.41) is 1.02. The fraction of sp³-hybridized carbons (Fsp3) is 0.500. The second kappa shape index (κ2) is 6.17. The van der Waals surface area contributed by atoms with Gasteiger partial charge in [0, 0.05) is 25.0 Å². The summed E-state index contributed by atoms with van der Waals surface area (Å²) in [7, 11) is 1.90. The van der Waals surface area contributed by atoms with Crippen molar-refractivity contribution in [1.82, 2.24) is 14.9 Å². The Hall–Kier alpha value is -1.69. The number of anilines is 1. The molecule has 0 bridgehead atoms. The molecule has 0 radical (unpaired) electrons. The van der Waals surface area contributed by atoms with Crippen molar-refractivity contribution >= 4 is 33.3 Å². The second-order valence-corrected chi connectivity index (χ2v) is 5.93. The van der Waals surface area contributed by atoms with Crippen LogP contribution in [0.5, 0.6) is 0 Å². The number of carbonyl (C=O) groups is 1. The second-order valence-electron chi connectivity index (χ2n) is 4.70. The molecule has 2 aromatic rings. The van der Waals surface area contributed by atoms with Crippen molar-refractivity contribution in [1.29, 1.82) is 0 Å². The molecule has 108 valence electrons. The van der Waals surface area contributed by atoms with Gasteiger partial charge in [0.05, 0.1) is 11.9 Å². The maximum Gasteiger partial charge on any atom is 0.242 e. The molecule has 0 aliphatic heterocycles. The van der Waals surface area contributed by atoms with Crippen LogP contribution in [0.15, 0.2) is 12.4 Å². The molecule has 0 aliphatic carbocycles. The van der Waals surface area contributed by atoms with E-state index in [1.54, 1.807) is 17.7 Å². The van der Waals surface area contributed by atoms with E-state index in [-0.39, 0.29) is 5.91 Å². The van der Waals surface area contributed by atoms with Crippen LogP contribution in [0.1, 0.15) is 18.7 Å². The predicted molar refractivity (Wildman–Crippen MR) is 83.4 cm³/mol. The maximum atomic E-state index is 12.2. The van der Waals surface area contributed by atoms with Gasteiger partial charge in [0.15, 0.2) is 0 Å². The highest BCUT2D eigenvalue weighted by Gasteiger charge is 2.16. The highest BCUT2D eigenvalue weighted by Crippen LogP contribution is 2.29. The van der Waals surface area contributed by atoms with Crippen molar-refractivity contribution in [2.75, 3.05) is 31.6 Å². The number of rotatable bonds is 5. The molecule has 0 aliphatic rings. The molecule has 2 rings (SSSR count). The average molecular weight is 292 g/mol. The number of aryl methyl sites for hydroxylation is 1. The van der Waals surface area contributed by atoms with Gasteiger partial charge < -0.3 is 9.80 Å². The van der Waals surface area contributed by atoms with Gasteiger partial charge in [-0.15, -0.1) is 11.3 Å². The quantitative estimate of drug-likeness (QED) is 0.848. The predicted octanol–water partition coefficient (Wildman–Crippen LogP) is 2.30. The molecule has 0 atom stereocenters. The van der Waals surface area contributed by atoms with Gasteiger partial charge in [-0.05, 0) is 26.8 Å². The van der Waals surface area contributed by atoms with Gasteiger partial charge in [-0.2, -0.15) is 0 Å². The number of hydrogen-bond acceptors (Lipinski definition) is 5. The first-order valence-electron chi connectivity index (χ1n) is 6.76. The van der Waals surface area contributed by atoms with Gasteiger partial charge in [-0.25, -0.2) is 9.97 Å². The highest BCUT2D eigenvalue weighted by atomic mass is 32.1. The number of hydrogen-bond donors (Lipinski definition) is 0. The van der Waals surface area contributed by atoms with Gasteiger partial charge in [0.2, 0.25) is 5.91 Å². The van der Waals surface area contributed by atoms with Crippen molar-refractivity contribution in [3.63, 3.8) is 0 Å². The van der Waals surface area contributed by atoms with Crippen LogP contribution in [0.25, 0.3) is 10.2 Å². The van der Waals surface area contributed by atoms with E-state index in [1.807, 2.05) is 30.7 Å². The van der Waals surface area contributed by atoms with E-state index < -0.39 is 0 Å². The first kappa shape index (κ1) is 14.7. The molecule has 1 amide bonds. The van der Waals surface area contributed by atoms with Crippen LogP contribution < -0.4 is 4.90 Å². The third-order valence-corrected chi connectivity index (χ3v) is 4.24. The Morgan fingerprint density at radius 3 is 2.65 bits per heavy atom. The zero-order valence-electron chi connectivity index (χ0n) is 12.4. The minimum Gasteiger partial charge on any atom is -0.350 e. The molecule has 6 heteroatoms. The number of carbonyl (C=O) groups excluding carboxylic acids is 1. The third kappa shape index (κ3) is 2.90. The minimum absolute atomic E-state index is 0.121. The average Bonchev–Trinajstić information content (AvgIpc) is 2.79. The normalized spacial score (nSPS) is 10.8. The van der Waals surface area contributed by atoms with E-state index in [0.717, 1.165) is 29.1 Å². The van der Waals surface area contributed by atoms with Crippen molar-refractivity contribution in [2.24, 2.45) is 0 Å². The van der Waals surface area contributed by atoms with Gasteiger partial charge in [0.1, 0.15) is 17.0 Å². The standard InChI is InChI=1S/C14H20N4OS/c1-5-18(6-2)12(19)8-17(4)13-11-7-10(3)20-14(11)16-9-15-13/h7,9H,5-6,8H2,1-4H3. The Bertz CT molecular complexity index is 606. The van der Waals surface area contributed by atoms with Crippen LogP contribution >= 0.6 is 11.3 Å². The van der Waals surface area contributed by atoms with Crippen molar-refractivity contribution in [3.05, 3.63) is 17.3 Å². The SMILES string of the molecule is CCN(CC)C(=O)CN(C)c1ncnc2sc(C)cc12. The maximum absolute atomic E-state index is 12.2. The largest absolute Gasteiger partial charge is 0.350 e. The molecular weight excluding hydrogens is 272 g/mol. The van der Waals surface area contributed by atoms with Crippen molar-refractivity contribution < 1.29 is 4.79 Å². The number of aromatic nitrogens is 2. The molecular formula is C14H20N4OS. The number of nitrogens with zero attached hydrogens (tertiary/aromatic N) is 4. The lowest BCUT2D eigenvalue weighted by Crippen LogP contribution is -2.39. The van der Waals surface area contributed by atoms with Crippen LogP contribution in [0.4, 0.5) is 5.82 Å². The lowest BCUT2D eigenvalue weighted by Gasteiger charge is -2.24. The molecule has 0 saturated heterocycles. The summed E-state index contributed by atoms with van der Waals surface area (Å²) in [6.07, 6.45) is 1.56. The summed E-state index contributed by atoms with van der Waals surface area (Å²) in [4.78, 5) is 26.7. The van der Waals surface area contributed by atoms with Gasteiger partial charge >= 0.3 is 0 Å². The van der Waals surface area contributed by atoms with E-state index in [9.17, 15) is 4.79 Å². The monoisotopic (exact) mass is 292 g/mol. The summed E-state index contributed by atoms with van der Waals surface area (Å²) in [5.41, 5.74) is 0. The van der Waals surface area contributed by atoms with Crippen LogP contribution in [-0.4, -0.2) is 47.5 Å². The van der Waals surface area contributed by atoms with Crippen LogP contribution in [0.2, 0.25) is 0 Å². The topological polar surface area (TPSA) is 49.3 Å². The Morgan fingerprint density at radius 1 is 1.30 bits per heavy atom. The summed E-state index contributed by atoms with van der Waals surface area (Å²) < 4.78 is 0. The van der Waals surface area contributed by atoms with Gasteiger partial charge in [-0.3, -0.25) is 4.79 Å². The number of amides is 1. The lowest BCUT2D eigenvalue weighted by atomic mass is 10.3. The molecule has 0 N–H and O–H groups in total. The molecule has 0 fully saturated rings. The van der Waals surface area contributed by atoms with E-state index in [0.29, 0.717) is 6.54 Å². The first-order chi connectivity index (χ1) is 9.56. The Kier molecular flexibility index (Phi) is 4.54. The zero-order chi connectivity index (χ0) is 14.7. The summed E-state index contributed by atoms with van der Waals surface area (Å²) in [6, 6.07) is 2.08. The van der Waals surface area contributed by atoms with Crippen LogP contribution in [0, 0.1) is 6.92 Å². The molecule has 0 spiro atoms. The molecule has 0 aromatic carbocycles. The summed E-state index contributed by atoms with van der Waals surface area (Å²) >= 11 is 1.64. The Labute approximate surface area is 123 Å². The number of thiophene rings is 1. The number of fused-ring (bicyclic) bond motifs is 1.